The number of carbonyl (C=O) groups is 5. The molecule has 17 heteroatoms. The molecule has 3 fully saturated rings. The van der Waals surface area contributed by atoms with Crippen LogP contribution in [0.1, 0.15) is 124 Å². The number of esters is 1. The third-order valence-corrected chi connectivity index (χ3v) is 12.5. The van der Waals surface area contributed by atoms with E-state index in [9.17, 15) is 24.3 Å². The zero-order valence-corrected chi connectivity index (χ0v) is 37.9. The molecule has 1 aromatic carbocycles. The molecule has 5 N–H and O–H groups in total. The molecule has 1 aromatic heterocycles. The van der Waals surface area contributed by atoms with E-state index < -0.39 is 64.3 Å². The number of hydroxylamine groups is 1. The molecule has 0 bridgehead atoms. The first-order chi connectivity index (χ1) is 29.3. The van der Waals surface area contributed by atoms with E-state index in [0.717, 1.165) is 50.5 Å². The van der Waals surface area contributed by atoms with E-state index in [2.05, 4.69) is 31.7 Å². The molecule has 4 aliphatic rings. The summed E-state index contributed by atoms with van der Waals surface area (Å²) in [5, 5.41) is 29.0. The largest absolute Gasteiger partial charge is 0.442 e. The first-order valence-electron chi connectivity index (χ1n) is 22.2. The van der Waals surface area contributed by atoms with Crippen LogP contribution in [0.15, 0.2) is 36.5 Å². The summed E-state index contributed by atoms with van der Waals surface area (Å²) in [5.41, 5.74) is 2.30. The van der Waals surface area contributed by atoms with Gasteiger partial charge >= 0.3 is 5.97 Å². The number of hydrogen-bond donors (Lipinski definition) is 5. The highest BCUT2D eigenvalue weighted by atomic mass is 35.5. The Kier molecular flexibility index (Phi) is 14.7. The van der Waals surface area contributed by atoms with Gasteiger partial charge in [0.1, 0.15) is 17.7 Å². The molecule has 16 nitrogen and oxygen atoms in total. The number of likely N-dealkylation sites (tertiary alicyclic amines) is 1. The van der Waals surface area contributed by atoms with Gasteiger partial charge in [-0.3, -0.25) is 34.3 Å². The third-order valence-electron chi connectivity index (χ3n) is 12.3. The molecule has 1 spiro atoms. The van der Waals surface area contributed by atoms with Gasteiger partial charge in [0.15, 0.2) is 12.8 Å². The molecule has 1 unspecified atom stereocenters. The van der Waals surface area contributed by atoms with E-state index in [1.807, 2.05) is 45.9 Å². The van der Waals surface area contributed by atoms with E-state index in [4.69, 9.17) is 21.2 Å². The minimum atomic E-state index is -1.49. The monoisotopic (exact) mass is 880 g/mol. The lowest BCUT2D eigenvalue weighted by Gasteiger charge is -2.37. The predicted octanol–water partition coefficient (Wildman–Crippen LogP) is 4.59. The van der Waals surface area contributed by atoms with E-state index >= 15 is 4.79 Å². The molecule has 1 saturated heterocycles. The maximum absolute atomic E-state index is 15.2. The summed E-state index contributed by atoms with van der Waals surface area (Å²) < 4.78 is 6.85. The molecular weight excluding hydrogens is 816 g/mol. The van der Waals surface area contributed by atoms with Crippen molar-refractivity contribution in [2.45, 2.75) is 162 Å². The van der Waals surface area contributed by atoms with Crippen molar-refractivity contribution in [3.8, 4) is 0 Å². The Hall–Kier alpha value is -4.54. The summed E-state index contributed by atoms with van der Waals surface area (Å²) in [6, 6.07) is 4.19. The molecule has 2 aliphatic heterocycles. The Morgan fingerprint density at radius 2 is 1.76 bits per heavy atom. The highest BCUT2D eigenvalue weighted by Crippen LogP contribution is 2.40. The fraction of sp³-hybridized carbons (Fsp3) is 0.667. The van der Waals surface area contributed by atoms with Crippen molar-refractivity contribution < 1.29 is 38.7 Å². The van der Waals surface area contributed by atoms with Crippen molar-refractivity contribution in [2.24, 2.45) is 22.7 Å². The number of benzene rings is 1. The number of hydrogen-bond acceptors (Lipinski definition) is 11. The molecule has 2 aliphatic carbocycles. The fourth-order valence-corrected chi connectivity index (χ4v) is 8.74. The van der Waals surface area contributed by atoms with Crippen LogP contribution in [-0.2, 0) is 46.7 Å². The number of rotatable bonds is 16. The minimum absolute atomic E-state index is 0.0200. The number of nitrogens with one attached hydrogen (secondary N) is 4. The molecule has 2 aromatic rings. The molecule has 4 amide bonds. The van der Waals surface area contributed by atoms with Crippen LogP contribution in [0, 0.1) is 22.7 Å². The topological polar surface area (TPSA) is 206 Å². The van der Waals surface area contributed by atoms with Gasteiger partial charge in [-0.2, -0.15) is 0 Å². The second kappa shape index (κ2) is 19.5. The molecule has 6 rings (SSSR count). The van der Waals surface area contributed by atoms with Crippen molar-refractivity contribution in [2.75, 3.05) is 6.54 Å². The Morgan fingerprint density at radius 3 is 2.40 bits per heavy atom. The highest BCUT2D eigenvalue weighted by molar-refractivity contribution is 6.30. The molecule has 62 heavy (non-hydrogen) atoms. The van der Waals surface area contributed by atoms with Crippen LogP contribution in [0.2, 0.25) is 5.02 Å². The second-order valence-corrected chi connectivity index (χ2v) is 20.2. The molecule has 3 heterocycles. The molecule has 340 valence electrons. The van der Waals surface area contributed by atoms with Gasteiger partial charge in [0.25, 0.3) is 5.91 Å². The summed E-state index contributed by atoms with van der Waals surface area (Å²) >= 11 is 6.32. The van der Waals surface area contributed by atoms with Crippen molar-refractivity contribution >= 4 is 46.9 Å². The maximum Gasteiger partial charge on any atom is 0.313 e. The molecule has 0 radical (unpaired) electrons. The van der Waals surface area contributed by atoms with Crippen molar-refractivity contribution in [1.29, 1.82) is 0 Å². The summed E-state index contributed by atoms with van der Waals surface area (Å²) in [6.45, 7) is 12.7. The minimum Gasteiger partial charge on any atom is -0.442 e. The van der Waals surface area contributed by atoms with Crippen LogP contribution in [0.3, 0.4) is 0 Å². The first kappa shape index (κ1) is 47.0. The zero-order chi connectivity index (χ0) is 45.0. The first-order valence-corrected chi connectivity index (χ1v) is 22.5. The Bertz CT molecular complexity index is 1980. The number of carbonyl (C=O) groups excluding carboxylic acids is 5. The van der Waals surface area contributed by atoms with Crippen molar-refractivity contribution in [3.05, 3.63) is 52.8 Å². The second-order valence-electron chi connectivity index (χ2n) is 19.7. The molecule has 6 atom stereocenters. The summed E-state index contributed by atoms with van der Waals surface area (Å²) in [4.78, 5) is 77.4. The van der Waals surface area contributed by atoms with Crippen molar-refractivity contribution in [3.63, 3.8) is 0 Å². The van der Waals surface area contributed by atoms with Gasteiger partial charge in [0.2, 0.25) is 17.7 Å². The predicted molar refractivity (Wildman–Crippen MR) is 231 cm³/mol. The Morgan fingerprint density at radius 1 is 1.03 bits per heavy atom. The number of nitrogens with zero attached hydrogens (tertiary/aromatic N) is 4. The van der Waals surface area contributed by atoms with E-state index in [1.54, 1.807) is 39.1 Å². The molecule has 2 saturated carbocycles. The smallest absolute Gasteiger partial charge is 0.313 e. The average molecular weight is 882 g/mol. The third kappa shape index (κ3) is 11.7. The van der Waals surface area contributed by atoms with Gasteiger partial charge in [-0.1, -0.05) is 82.3 Å². The number of aliphatic hydroxyl groups is 1. The SMILES string of the molecule is CCC[C@H](NC(=O)[C@@H]1C[C@]2(C=C(c3cccc(Cl)c3)NO2)CN1C(=O)[C@@H](NC(=O)[C@@H](Cc1cn(COC(=O)C(C)(C)C)nn1)C1CCCCC1)C(C)(C)C)C(O)C(=O)NC1CC1. The number of aromatic nitrogens is 3. The maximum atomic E-state index is 15.2. The van der Waals surface area contributed by atoms with Gasteiger partial charge in [-0.05, 0) is 82.4 Å². The number of halogens is 1. The lowest BCUT2D eigenvalue weighted by atomic mass is 9.77. The normalized spacial score (nSPS) is 22.6. The van der Waals surface area contributed by atoms with Crippen LogP contribution in [0.4, 0.5) is 0 Å². The van der Waals surface area contributed by atoms with Gasteiger partial charge in [-0.15, -0.1) is 5.10 Å². The highest BCUT2D eigenvalue weighted by Gasteiger charge is 2.54. The average Bonchev–Trinajstić information content (AvgIpc) is 3.58. The number of amides is 4. The van der Waals surface area contributed by atoms with Gasteiger partial charge in [-0.25, -0.2) is 4.68 Å². The van der Waals surface area contributed by atoms with Crippen LogP contribution in [-0.4, -0.2) is 97.0 Å². The lowest BCUT2D eigenvalue weighted by molar-refractivity contribution is -0.157. The van der Waals surface area contributed by atoms with Crippen molar-refractivity contribution in [1.82, 2.24) is 41.3 Å². The summed E-state index contributed by atoms with van der Waals surface area (Å²) in [7, 11) is 0. The van der Waals surface area contributed by atoms with Gasteiger partial charge < -0.3 is 30.7 Å². The quantitative estimate of drug-likeness (QED) is 0.148. The zero-order valence-electron chi connectivity index (χ0n) is 37.2. The molecular formula is C45H65ClN8O8. The Balaban J connectivity index is 1.26. The standard InChI is InChI=1S/C45H65ClN8O8/c1-8-13-33(36(55)40(58)47-30-18-19-30)48-39(57)35-23-45(22-34(51-62-45)28-16-12-17-29(46)20-28)25-54(35)41(59)37(43(2,3)4)49-38(56)32(27-14-10-9-11-15-27)21-31-24-53(52-50-31)26-61-42(60)44(5,6)7/h12,16-17,20,22,24,27,30,32-33,35-37,51,55H,8-11,13-15,18-19,21,23,25-26H2,1-7H3,(H,47,58)(H,48,57)(H,49,56)/t32-,33-,35-,36?,37+,45+/m0/s1. The van der Waals surface area contributed by atoms with Crippen LogP contribution in [0.25, 0.3) is 5.70 Å². The van der Waals surface area contributed by atoms with E-state index in [-0.39, 0.29) is 50.0 Å². The lowest BCUT2D eigenvalue weighted by Crippen LogP contribution is -2.60. The number of aliphatic hydroxyl groups excluding tert-OH is 1. The van der Waals surface area contributed by atoms with Crippen LogP contribution in [0.5, 0.6) is 0 Å². The summed E-state index contributed by atoms with van der Waals surface area (Å²) in [6.07, 6.45) is 9.67. The number of ether oxygens (including phenoxy) is 1. The van der Waals surface area contributed by atoms with Gasteiger partial charge in [0, 0.05) is 35.4 Å². The van der Waals surface area contributed by atoms with E-state index in [0.29, 0.717) is 29.3 Å². The summed E-state index contributed by atoms with van der Waals surface area (Å²) in [5.74, 6) is -2.75. The Labute approximate surface area is 369 Å². The van der Waals surface area contributed by atoms with Gasteiger partial charge in [0.05, 0.1) is 35.6 Å². The fourth-order valence-electron chi connectivity index (χ4n) is 8.55. The van der Waals surface area contributed by atoms with Crippen LogP contribution >= 0.6 is 11.6 Å². The van der Waals surface area contributed by atoms with Crippen LogP contribution < -0.4 is 21.4 Å². The van der Waals surface area contributed by atoms with E-state index in [1.165, 1.54) is 9.58 Å².